The van der Waals surface area contributed by atoms with Crippen molar-refractivity contribution in [3.05, 3.63) is 11.6 Å². The molecule has 160 valence electrons. The maximum absolute atomic E-state index is 12.1. The van der Waals surface area contributed by atoms with Gasteiger partial charge in [0.05, 0.1) is 40.1 Å². The molecular formula is C20H33NO7. The zero-order valence-corrected chi connectivity index (χ0v) is 17.9. The smallest absolute Gasteiger partial charge is 0.407 e. The first kappa shape index (κ1) is 23.7. The van der Waals surface area contributed by atoms with E-state index < -0.39 is 17.7 Å². The summed E-state index contributed by atoms with van der Waals surface area (Å²) in [4.78, 5) is 12.1. The summed E-state index contributed by atoms with van der Waals surface area (Å²) in [7, 11) is 3.04. The van der Waals surface area contributed by atoms with Gasteiger partial charge in [0.1, 0.15) is 5.60 Å². The lowest BCUT2D eigenvalue weighted by atomic mass is 10.0. The van der Waals surface area contributed by atoms with Crippen LogP contribution in [-0.4, -0.2) is 56.9 Å². The lowest BCUT2D eigenvalue weighted by Crippen LogP contribution is -2.42. The van der Waals surface area contributed by atoms with Gasteiger partial charge in [-0.15, -0.1) is 0 Å². The molecule has 1 aromatic carbocycles. The largest absolute Gasteiger partial charge is 0.490 e. The quantitative estimate of drug-likeness (QED) is 0.624. The van der Waals surface area contributed by atoms with E-state index in [1.54, 1.807) is 26.8 Å². The second-order valence-electron chi connectivity index (χ2n) is 7.03. The van der Waals surface area contributed by atoms with Gasteiger partial charge in [-0.3, -0.25) is 0 Å². The van der Waals surface area contributed by atoms with Crippen LogP contribution in [0.5, 0.6) is 23.0 Å². The van der Waals surface area contributed by atoms with Crippen molar-refractivity contribution in [2.24, 2.45) is 0 Å². The van der Waals surface area contributed by atoms with Crippen molar-refractivity contribution >= 4 is 6.09 Å². The average Bonchev–Trinajstić information content (AvgIpc) is 2.61. The fraction of sp³-hybridized carbons (Fsp3) is 0.650. The number of rotatable bonds is 10. The first-order valence-electron chi connectivity index (χ1n) is 9.34. The Kier molecular flexibility index (Phi) is 9.18. The van der Waals surface area contributed by atoms with Gasteiger partial charge in [-0.25, -0.2) is 4.79 Å². The zero-order chi connectivity index (χ0) is 21.3. The summed E-state index contributed by atoms with van der Waals surface area (Å²) in [5.74, 6) is 1.81. The summed E-state index contributed by atoms with van der Waals surface area (Å²) in [6.45, 7) is 9.61. The molecule has 0 saturated carbocycles. The first-order valence-corrected chi connectivity index (χ1v) is 9.34. The van der Waals surface area contributed by atoms with Gasteiger partial charge >= 0.3 is 6.09 Å². The van der Waals surface area contributed by atoms with E-state index in [9.17, 15) is 9.90 Å². The molecule has 0 spiro atoms. The molecule has 1 aromatic rings. The number of ether oxygens (including phenoxy) is 5. The molecule has 2 N–H and O–H groups in total. The second-order valence-corrected chi connectivity index (χ2v) is 7.03. The van der Waals surface area contributed by atoms with Crippen LogP contribution in [0.4, 0.5) is 4.79 Å². The first-order chi connectivity index (χ1) is 13.2. The van der Waals surface area contributed by atoms with Gasteiger partial charge in [0.15, 0.2) is 11.5 Å². The van der Waals surface area contributed by atoms with Crippen LogP contribution >= 0.6 is 0 Å². The van der Waals surface area contributed by atoms with Crippen molar-refractivity contribution < 1.29 is 33.6 Å². The van der Waals surface area contributed by atoms with Gasteiger partial charge in [0, 0.05) is 5.56 Å². The minimum atomic E-state index is -0.633. The van der Waals surface area contributed by atoms with Crippen LogP contribution in [-0.2, 0) is 11.2 Å². The normalized spacial score (nSPS) is 12.1. The van der Waals surface area contributed by atoms with E-state index in [0.717, 1.165) is 0 Å². The van der Waals surface area contributed by atoms with Crippen LogP contribution in [0.2, 0.25) is 0 Å². The predicted octanol–water partition coefficient (Wildman–Crippen LogP) is 2.93. The number of nitrogens with one attached hydrogen (secondary N) is 1. The molecule has 0 aliphatic rings. The van der Waals surface area contributed by atoms with E-state index in [1.165, 1.54) is 14.2 Å². The number of alkyl carbamates (subject to hydrolysis) is 1. The lowest BCUT2D eigenvalue weighted by Gasteiger charge is -2.24. The monoisotopic (exact) mass is 399 g/mol. The van der Waals surface area contributed by atoms with Gasteiger partial charge in [0.25, 0.3) is 0 Å². The average molecular weight is 399 g/mol. The van der Waals surface area contributed by atoms with Crippen LogP contribution in [0.3, 0.4) is 0 Å². The number of aliphatic hydroxyl groups excluding tert-OH is 1. The summed E-state index contributed by atoms with van der Waals surface area (Å²) >= 11 is 0. The van der Waals surface area contributed by atoms with E-state index in [1.807, 2.05) is 13.8 Å². The van der Waals surface area contributed by atoms with E-state index in [4.69, 9.17) is 23.7 Å². The fourth-order valence-electron chi connectivity index (χ4n) is 2.65. The number of carbonyl (C=O) groups excluding carboxylic acids is 1. The zero-order valence-electron chi connectivity index (χ0n) is 17.9. The molecule has 0 heterocycles. The highest BCUT2D eigenvalue weighted by molar-refractivity contribution is 5.68. The Morgan fingerprint density at radius 2 is 1.68 bits per heavy atom. The molecule has 8 heteroatoms. The van der Waals surface area contributed by atoms with Gasteiger partial charge in [-0.1, -0.05) is 0 Å². The van der Waals surface area contributed by atoms with Crippen LogP contribution in [0.15, 0.2) is 6.07 Å². The van der Waals surface area contributed by atoms with Gasteiger partial charge in [0.2, 0.25) is 11.5 Å². The van der Waals surface area contributed by atoms with Crippen molar-refractivity contribution in [1.29, 1.82) is 0 Å². The van der Waals surface area contributed by atoms with Gasteiger partial charge in [-0.05, 0) is 47.1 Å². The Hall–Kier alpha value is -2.35. The van der Waals surface area contributed by atoms with E-state index in [-0.39, 0.29) is 13.0 Å². The van der Waals surface area contributed by atoms with E-state index in [2.05, 4.69) is 5.32 Å². The molecule has 0 radical (unpaired) electrons. The summed E-state index contributed by atoms with van der Waals surface area (Å²) in [5.41, 5.74) is 0.0736. The Balaban J connectivity index is 3.24. The summed E-state index contributed by atoms with van der Waals surface area (Å²) in [6, 6.07) is 1.19. The van der Waals surface area contributed by atoms with Crippen LogP contribution < -0.4 is 24.3 Å². The molecule has 0 fully saturated rings. The summed E-state index contributed by atoms with van der Waals surface area (Å²) in [6.07, 6.45) is -0.319. The highest BCUT2D eigenvalue weighted by atomic mass is 16.6. The minimum Gasteiger partial charge on any atom is -0.490 e. The highest BCUT2D eigenvalue weighted by Gasteiger charge is 2.25. The predicted molar refractivity (Wildman–Crippen MR) is 106 cm³/mol. The van der Waals surface area contributed by atoms with Gasteiger partial charge in [-0.2, -0.15) is 0 Å². The number of benzene rings is 1. The molecular weight excluding hydrogens is 366 g/mol. The number of hydrogen-bond acceptors (Lipinski definition) is 7. The summed E-state index contributed by atoms with van der Waals surface area (Å²) < 4.78 is 27.7. The topological polar surface area (TPSA) is 95.5 Å². The SMILES string of the molecule is CCOc1cc(C[C@@H](CO)NC(=O)OC(C)(C)C)c(OCC)c(OC)c1OC. The molecule has 0 aliphatic heterocycles. The molecule has 0 aromatic heterocycles. The molecule has 0 unspecified atom stereocenters. The van der Waals surface area contributed by atoms with Crippen LogP contribution in [0, 0.1) is 0 Å². The number of carbonyl (C=O) groups is 1. The van der Waals surface area contributed by atoms with Gasteiger partial charge < -0.3 is 34.1 Å². The molecule has 0 aliphatic carbocycles. The summed E-state index contributed by atoms with van der Waals surface area (Å²) in [5, 5.41) is 12.4. The number of hydrogen-bond donors (Lipinski definition) is 2. The van der Waals surface area contributed by atoms with Crippen molar-refractivity contribution in [1.82, 2.24) is 5.32 Å². The molecule has 8 nitrogen and oxygen atoms in total. The Labute approximate surface area is 167 Å². The second kappa shape index (κ2) is 10.8. The Morgan fingerprint density at radius 1 is 1.07 bits per heavy atom. The third-order valence-electron chi connectivity index (χ3n) is 3.64. The molecule has 0 bridgehead atoms. The van der Waals surface area contributed by atoms with E-state index in [0.29, 0.717) is 41.8 Å². The maximum atomic E-state index is 12.1. The molecule has 28 heavy (non-hydrogen) atoms. The third-order valence-corrected chi connectivity index (χ3v) is 3.64. The molecule has 1 rings (SSSR count). The highest BCUT2D eigenvalue weighted by Crippen LogP contribution is 2.47. The van der Waals surface area contributed by atoms with Crippen molar-refractivity contribution in [3.8, 4) is 23.0 Å². The number of aliphatic hydroxyl groups is 1. The Morgan fingerprint density at radius 3 is 2.14 bits per heavy atom. The number of amides is 1. The molecule has 1 amide bonds. The third kappa shape index (κ3) is 6.67. The van der Waals surface area contributed by atoms with E-state index >= 15 is 0 Å². The Bertz CT molecular complexity index is 640. The number of methoxy groups -OCH3 is 2. The van der Waals surface area contributed by atoms with Crippen molar-refractivity contribution in [2.45, 2.75) is 52.7 Å². The fourth-order valence-corrected chi connectivity index (χ4v) is 2.65. The molecule has 1 atom stereocenters. The van der Waals surface area contributed by atoms with Crippen LogP contribution in [0.25, 0.3) is 0 Å². The molecule has 0 saturated heterocycles. The minimum absolute atomic E-state index is 0.275. The lowest BCUT2D eigenvalue weighted by molar-refractivity contribution is 0.0482. The van der Waals surface area contributed by atoms with Crippen molar-refractivity contribution in [3.63, 3.8) is 0 Å². The standard InChI is InChI=1S/C20H33NO7/c1-8-26-15-11-13(16(27-9-2)18(25-7)17(15)24-6)10-14(12-22)21-19(23)28-20(3,4)5/h11,14,22H,8-10,12H2,1-7H3,(H,21,23)/t14-/m0/s1. The maximum Gasteiger partial charge on any atom is 0.407 e. The van der Waals surface area contributed by atoms with Crippen LogP contribution in [0.1, 0.15) is 40.2 Å². The van der Waals surface area contributed by atoms with Crippen molar-refractivity contribution in [2.75, 3.05) is 34.0 Å².